The molecule has 0 aliphatic carbocycles. The zero-order valence-corrected chi connectivity index (χ0v) is 12.0. The molecule has 0 aliphatic heterocycles. The van der Waals surface area contributed by atoms with Crippen LogP contribution in [0.2, 0.25) is 0 Å². The molecule has 0 spiro atoms. The molecule has 3 aromatic rings. The molecule has 1 aromatic carbocycles. The molecular formula is C13H11N3O2S2. The topological polar surface area (TPSA) is 85.9 Å². The van der Waals surface area contributed by atoms with Gasteiger partial charge in [0.15, 0.2) is 0 Å². The third kappa shape index (κ3) is 2.20. The van der Waals surface area contributed by atoms with Gasteiger partial charge in [0.2, 0.25) is 9.84 Å². The zero-order valence-electron chi connectivity index (χ0n) is 10.4. The molecule has 0 amide bonds. The van der Waals surface area contributed by atoms with Gasteiger partial charge in [0, 0.05) is 18.1 Å². The maximum Gasteiger partial charge on any atom is 0.217 e. The van der Waals surface area contributed by atoms with E-state index in [0.717, 1.165) is 16.7 Å². The summed E-state index contributed by atoms with van der Waals surface area (Å²) in [6.07, 6.45) is 2.99. The SMILES string of the molecule is NCc1ncc(S(=O)(=O)c2ccc3cccnc3c2)s1. The van der Waals surface area contributed by atoms with Crippen molar-refractivity contribution in [1.82, 2.24) is 9.97 Å². The second kappa shape index (κ2) is 4.93. The predicted octanol–water partition coefficient (Wildman–Crippen LogP) is 1.98. The van der Waals surface area contributed by atoms with Crippen molar-refractivity contribution < 1.29 is 8.42 Å². The number of pyridine rings is 1. The summed E-state index contributed by atoms with van der Waals surface area (Å²) in [5, 5.41) is 1.50. The van der Waals surface area contributed by atoms with Gasteiger partial charge in [-0.1, -0.05) is 12.1 Å². The van der Waals surface area contributed by atoms with Crippen LogP contribution in [0.15, 0.2) is 51.8 Å². The minimum absolute atomic E-state index is 0.202. The molecule has 0 unspecified atom stereocenters. The molecule has 0 aliphatic rings. The highest BCUT2D eigenvalue weighted by atomic mass is 32.2. The molecule has 7 heteroatoms. The summed E-state index contributed by atoms with van der Waals surface area (Å²) >= 11 is 1.10. The molecule has 0 saturated carbocycles. The van der Waals surface area contributed by atoms with Crippen LogP contribution in [-0.4, -0.2) is 18.4 Å². The van der Waals surface area contributed by atoms with E-state index >= 15 is 0 Å². The third-order valence-corrected chi connectivity index (χ3v) is 6.09. The van der Waals surface area contributed by atoms with E-state index in [1.165, 1.54) is 6.20 Å². The van der Waals surface area contributed by atoms with Crippen molar-refractivity contribution >= 4 is 32.1 Å². The van der Waals surface area contributed by atoms with E-state index in [9.17, 15) is 8.42 Å². The van der Waals surface area contributed by atoms with Crippen LogP contribution < -0.4 is 5.73 Å². The average Bonchev–Trinajstić information content (AvgIpc) is 2.96. The molecule has 0 bridgehead atoms. The monoisotopic (exact) mass is 305 g/mol. The third-order valence-electron chi connectivity index (χ3n) is 2.86. The highest BCUT2D eigenvalue weighted by molar-refractivity contribution is 7.93. The lowest BCUT2D eigenvalue weighted by atomic mass is 10.2. The van der Waals surface area contributed by atoms with Gasteiger partial charge >= 0.3 is 0 Å². The highest BCUT2D eigenvalue weighted by Gasteiger charge is 2.21. The minimum Gasteiger partial charge on any atom is -0.325 e. The minimum atomic E-state index is -3.56. The van der Waals surface area contributed by atoms with E-state index in [0.29, 0.717) is 10.5 Å². The first kappa shape index (κ1) is 13.2. The Morgan fingerprint density at radius 2 is 2.05 bits per heavy atom. The van der Waals surface area contributed by atoms with Gasteiger partial charge in [-0.3, -0.25) is 4.98 Å². The molecule has 0 fully saturated rings. The fourth-order valence-corrected chi connectivity index (χ4v) is 4.32. The number of rotatable bonds is 3. The summed E-state index contributed by atoms with van der Waals surface area (Å²) in [6.45, 7) is 0.236. The Balaban J connectivity index is 2.13. The van der Waals surface area contributed by atoms with E-state index in [2.05, 4.69) is 9.97 Å². The van der Waals surface area contributed by atoms with Crippen molar-refractivity contribution in [2.24, 2.45) is 5.73 Å². The number of aromatic nitrogens is 2. The van der Waals surface area contributed by atoms with E-state index in [1.807, 2.05) is 12.1 Å². The van der Waals surface area contributed by atoms with Gasteiger partial charge < -0.3 is 5.73 Å². The maximum atomic E-state index is 12.5. The molecule has 2 aromatic heterocycles. The number of benzene rings is 1. The second-order valence-corrected chi connectivity index (χ2v) is 7.43. The van der Waals surface area contributed by atoms with Gasteiger partial charge in [0.1, 0.15) is 9.22 Å². The van der Waals surface area contributed by atoms with Gasteiger partial charge in [-0.2, -0.15) is 0 Å². The Hall–Kier alpha value is -1.83. The van der Waals surface area contributed by atoms with Gasteiger partial charge in [0.05, 0.1) is 16.6 Å². The largest absolute Gasteiger partial charge is 0.325 e. The van der Waals surface area contributed by atoms with Crippen molar-refractivity contribution in [1.29, 1.82) is 0 Å². The Bertz CT molecular complexity index is 872. The van der Waals surface area contributed by atoms with Crippen LogP contribution in [0.3, 0.4) is 0 Å². The molecule has 102 valence electrons. The smallest absolute Gasteiger partial charge is 0.217 e. The summed E-state index contributed by atoms with van der Waals surface area (Å²) in [7, 11) is -3.56. The van der Waals surface area contributed by atoms with E-state index in [1.54, 1.807) is 24.4 Å². The summed E-state index contributed by atoms with van der Waals surface area (Å²) in [5.74, 6) is 0. The Kier molecular flexibility index (Phi) is 3.25. The molecule has 5 nitrogen and oxygen atoms in total. The number of sulfone groups is 1. The van der Waals surface area contributed by atoms with Crippen LogP contribution in [0, 0.1) is 0 Å². The van der Waals surface area contributed by atoms with Gasteiger partial charge in [-0.05, 0) is 18.2 Å². The van der Waals surface area contributed by atoms with Crippen LogP contribution in [0.25, 0.3) is 10.9 Å². The molecular weight excluding hydrogens is 294 g/mol. The molecule has 3 rings (SSSR count). The fraction of sp³-hybridized carbons (Fsp3) is 0.0769. The summed E-state index contributed by atoms with van der Waals surface area (Å²) in [4.78, 5) is 8.38. The maximum absolute atomic E-state index is 12.5. The first-order valence-corrected chi connectivity index (χ1v) is 8.16. The lowest BCUT2D eigenvalue weighted by Gasteiger charge is -2.03. The van der Waals surface area contributed by atoms with Crippen molar-refractivity contribution in [3.05, 3.63) is 47.7 Å². The Morgan fingerprint density at radius 1 is 1.20 bits per heavy atom. The highest BCUT2D eigenvalue weighted by Crippen LogP contribution is 2.27. The summed E-state index contributed by atoms with van der Waals surface area (Å²) in [5.41, 5.74) is 6.11. The number of hydrogen-bond acceptors (Lipinski definition) is 6. The van der Waals surface area contributed by atoms with Gasteiger partial charge in [-0.25, -0.2) is 13.4 Å². The number of fused-ring (bicyclic) bond motifs is 1. The predicted molar refractivity (Wildman–Crippen MR) is 77.2 cm³/mol. The van der Waals surface area contributed by atoms with Crippen molar-refractivity contribution in [3.63, 3.8) is 0 Å². The number of nitrogens with zero attached hydrogens (tertiary/aromatic N) is 2. The Labute approximate surface area is 120 Å². The fourth-order valence-electron chi connectivity index (χ4n) is 1.84. The van der Waals surface area contributed by atoms with Gasteiger partial charge in [-0.15, -0.1) is 11.3 Å². The number of hydrogen-bond donors (Lipinski definition) is 1. The van der Waals surface area contributed by atoms with Crippen LogP contribution in [-0.2, 0) is 16.4 Å². The summed E-state index contributed by atoms with van der Waals surface area (Å²) in [6, 6.07) is 8.61. The van der Waals surface area contributed by atoms with E-state index in [4.69, 9.17) is 5.73 Å². The molecule has 2 heterocycles. The standard InChI is InChI=1S/C13H11N3O2S2/c14-7-12-16-8-13(19-12)20(17,18)10-4-3-9-2-1-5-15-11(9)6-10/h1-6,8H,7,14H2. The van der Waals surface area contributed by atoms with Gasteiger partial charge in [0.25, 0.3) is 0 Å². The molecule has 2 N–H and O–H groups in total. The van der Waals surface area contributed by atoms with Crippen LogP contribution >= 0.6 is 11.3 Å². The molecule has 0 saturated heterocycles. The first-order chi connectivity index (χ1) is 9.61. The normalized spacial score (nSPS) is 11.8. The molecule has 20 heavy (non-hydrogen) atoms. The number of nitrogens with two attached hydrogens (primary N) is 1. The quantitative estimate of drug-likeness (QED) is 0.799. The van der Waals surface area contributed by atoms with Crippen LogP contribution in [0.4, 0.5) is 0 Å². The zero-order chi connectivity index (χ0) is 14.2. The van der Waals surface area contributed by atoms with Crippen molar-refractivity contribution in [3.8, 4) is 0 Å². The Morgan fingerprint density at radius 3 is 2.80 bits per heavy atom. The summed E-state index contributed by atoms with van der Waals surface area (Å²) < 4.78 is 25.2. The second-order valence-electron chi connectivity index (χ2n) is 4.14. The van der Waals surface area contributed by atoms with Crippen LogP contribution in [0.5, 0.6) is 0 Å². The van der Waals surface area contributed by atoms with Crippen molar-refractivity contribution in [2.45, 2.75) is 15.6 Å². The van der Waals surface area contributed by atoms with E-state index < -0.39 is 9.84 Å². The van der Waals surface area contributed by atoms with E-state index in [-0.39, 0.29) is 15.6 Å². The molecule has 0 radical (unpaired) electrons. The lowest BCUT2D eigenvalue weighted by molar-refractivity contribution is 0.598. The first-order valence-electron chi connectivity index (χ1n) is 5.86. The van der Waals surface area contributed by atoms with Crippen molar-refractivity contribution in [2.75, 3.05) is 0 Å². The average molecular weight is 305 g/mol. The lowest BCUT2D eigenvalue weighted by Crippen LogP contribution is -1.99. The van der Waals surface area contributed by atoms with Crippen LogP contribution in [0.1, 0.15) is 5.01 Å². The number of thiazole rings is 1. The molecule has 0 atom stereocenters.